The molecule has 0 spiro atoms. The molecule has 0 aliphatic heterocycles. The van der Waals surface area contributed by atoms with Crippen molar-refractivity contribution in [2.24, 2.45) is 5.92 Å². The monoisotopic (exact) mass is 219 g/mol. The molecule has 1 rings (SSSR count). The van der Waals surface area contributed by atoms with Gasteiger partial charge in [0, 0.05) is 18.0 Å². The highest BCUT2D eigenvalue weighted by atomic mass is 16.1. The minimum atomic E-state index is -0.124. The van der Waals surface area contributed by atoms with Crippen LogP contribution in [0.2, 0.25) is 0 Å². The average Bonchev–Trinajstić information content (AvgIpc) is 2.29. The molecule has 1 N–H and O–H groups in total. The number of hydrogen-bond acceptors (Lipinski definition) is 2. The first-order chi connectivity index (χ1) is 7.65. The van der Waals surface area contributed by atoms with Crippen molar-refractivity contribution in [3.8, 4) is 0 Å². The summed E-state index contributed by atoms with van der Waals surface area (Å²) in [6, 6.07) is 8.92. The van der Waals surface area contributed by atoms with E-state index in [1.165, 1.54) is 0 Å². The zero-order valence-electron chi connectivity index (χ0n) is 9.64. The molecule has 1 aromatic carbocycles. The summed E-state index contributed by atoms with van der Waals surface area (Å²) in [5.74, 6) is 0.124. The van der Waals surface area contributed by atoms with Gasteiger partial charge in [-0.15, -0.1) is 0 Å². The second-order valence-electron chi connectivity index (χ2n) is 4.09. The minimum Gasteiger partial charge on any atom is -0.349 e. The van der Waals surface area contributed by atoms with Crippen molar-refractivity contribution in [2.45, 2.75) is 26.3 Å². The van der Waals surface area contributed by atoms with Crippen LogP contribution in [0.5, 0.6) is 0 Å². The van der Waals surface area contributed by atoms with Gasteiger partial charge in [0.1, 0.15) is 6.29 Å². The maximum Gasteiger partial charge on any atom is 0.251 e. The fourth-order valence-corrected chi connectivity index (χ4v) is 1.44. The van der Waals surface area contributed by atoms with E-state index in [9.17, 15) is 9.59 Å². The Labute approximate surface area is 95.9 Å². The molecule has 0 aromatic heterocycles. The molecule has 0 aliphatic carbocycles. The molecule has 0 saturated heterocycles. The van der Waals surface area contributed by atoms with E-state index >= 15 is 0 Å². The number of benzene rings is 1. The molecular weight excluding hydrogens is 202 g/mol. The molecular formula is C13H17NO2. The Kier molecular flexibility index (Phi) is 4.70. The topological polar surface area (TPSA) is 46.2 Å². The van der Waals surface area contributed by atoms with Crippen molar-refractivity contribution >= 4 is 12.2 Å². The first-order valence-corrected chi connectivity index (χ1v) is 5.44. The van der Waals surface area contributed by atoms with Gasteiger partial charge in [-0.2, -0.15) is 0 Å². The van der Waals surface area contributed by atoms with Crippen LogP contribution in [-0.2, 0) is 4.79 Å². The summed E-state index contributed by atoms with van der Waals surface area (Å²) in [7, 11) is 0. The molecule has 3 heteroatoms. The zero-order chi connectivity index (χ0) is 12.0. The molecule has 0 heterocycles. The Morgan fingerprint density at radius 2 is 1.94 bits per heavy atom. The van der Waals surface area contributed by atoms with Crippen LogP contribution in [0.4, 0.5) is 0 Å². The van der Waals surface area contributed by atoms with Crippen LogP contribution in [0, 0.1) is 5.92 Å². The van der Waals surface area contributed by atoms with Crippen molar-refractivity contribution < 1.29 is 9.59 Å². The van der Waals surface area contributed by atoms with E-state index in [2.05, 4.69) is 5.32 Å². The molecule has 0 unspecified atom stereocenters. The molecule has 1 atom stereocenters. The first-order valence-electron chi connectivity index (χ1n) is 5.44. The normalized spacial score (nSPS) is 12.2. The Hall–Kier alpha value is -1.64. The van der Waals surface area contributed by atoms with Crippen molar-refractivity contribution in [2.75, 3.05) is 0 Å². The van der Waals surface area contributed by atoms with Crippen molar-refractivity contribution in [3.05, 3.63) is 35.9 Å². The van der Waals surface area contributed by atoms with E-state index in [4.69, 9.17) is 0 Å². The first kappa shape index (κ1) is 12.4. The lowest BCUT2D eigenvalue weighted by Gasteiger charge is -2.20. The number of hydrogen-bond donors (Lipinski definition) is 1. The van der Waals surface area contributed by atoms with Crippen molar-refractivity contribution in [1.29, 1.82) is 0 Å². The van der Waals surface area contributed by atoms with Gasteiger partial charge in [0.15, 0.2) is 0 Å². The van der Waals surface area contributed by atoms with E-state index in [-0.39, 0.29) is 17.9 Å². The van der Waals surface area contributed by atoms with Gasteiger partial charge < -0.3 is 10.1 Å². The van der Waals surface area contributed by atoms with Crippen LogP contribution in [0.1, 0.15) is 30.6 Å². The molecule has 0 fully saturated rings. The Morgan fingerprint density at radius 1 is 1.31 bits per heavy atom. The van der Waals surface area contributed by atoms with Crippen LogP contribution in [-0.4, -0.2) is 18.2 Å². The van der Waals surface area contributed by atoms with Gasteiger partial charge in [0.25, 0.3) is 5.91 Å². The lowest BCUT2D eigenvalue weighted by molar-refractivity contribution is -0.108. The Balaban J connectivity index is 2.65. The lowest BCUT2D eigenvalue weighted by atomic mass is 10.0. The van der Waals surface area contributed by atoms with Crippen LogP contribution >= 0.6 is 0 Å². The van der Waals surface area contributed by atoms with Gasteiger partial charge in [-0.25, -0.2) is 0 Å². The number of aldehydes is 1. The van der Waals surface area contributed by atoms with E-state index in [1.807, 2.05) is 32.0 Å². The van der Waals surface area contributed by atoms with Crippen LogP contribution in [0.25, 0.3) is 0 Å². The summed E-state index contributed by atoms with van der Waals surface area (Å²) in [6.45, 7) is 3.97. The Bertz CT molecular complexity index is 346. The fraction of sp³-hybridized carbons (Fsp3) is 0.385. The SMILES string of the molecule is CC(C)[C@@H](CC=O)NC(=O)c1ccccc1. The van der Waals surface area contributed by atoms with Crippen LogP contribution in [0.3, 0.4) is 0 Å². The highest BCUT2D eigenvalue weighted by Gasteiger charge is 2.16. The summed E-state index contributed by atoms with van der Waals surface area (Å²) in [5.41, 5.74) is 0.624. The number of rotatable bonds is 5. The summed E-state index contributed by atoms with van der Waals surface area (Å²) in [4.78, 5) is 22.3. The molecule has 0 bridgehead atoms. The van der Waals surface area contributed by atoms with Gasteiger partial charge in [-0.3, -0.25) is 4.79 Å². The summed E-state index contributed by atoms with van der Waals surface area (Å²) < 4.78 is 0. The molecule has 16 heavy (non-hydrogen) atoms. The molecule has 0 saturated carbocycles. The van der Waals surface area contributed by atoms with Crippen molar-refractivity contribution in [1.82, 2.24) is 5.32 Å². The van der Waals surface area contributed by atoms with E-state index in [0.717, 1.165) is 6.29 Å². The second kappa shape index (κ2) is 6.05. The number of carbonyl (C=O) groups excluding carboxylic acids is 2. The van der Waals surface area contributed by atoms with Crippen molar-refractivity contribution in [3.63, 3.8) is 0 Å². The van der Waals surface area contributed by atoms with E-state index in [0.29, 0.717) is 12.0 Å². The summed E-state index contributed by atoms with van der Waals surface area (Å²) >= 11 is 0. The van der Waals surface area contributed by atoms with E-state index < -0.39 is 0 Å². The Morgan fingerprint density at radius 3 is 2.44 bits per heavy atom. The second-order valence-corrected chi connectivity index (χ2v) is 4.09. The predicted molar refractivity (Wildman–Crippen MR) is 63.2 cm³/mol. The smallest absolute Gasteiger partial charge is 0.251 e. The largest absolute Gasteiger partial charge is 0.349 e. The fourth-order valence-electron chi connectivity index (χ4n) is 1.44. The third-order valence-electron chi connectivity index (χ3n) is 2.51. The van der Waals surface area contributed by atoms with E-state index in [1.54, 1.807) is 12.1 Å². The lowest BCUT2D eigenvalue weighted by Crippen LogP contribution is -2.38. The quantitative estimate of drug-likeness (QED) is 0.770. The molecule has 0 radical (unpaired) electrons. The predicted octanol–water partition coefficient (Wildman–Crippen LogP) is 2.03. The maximum atomic E-state index is 11.8. The molecule has 86 valence electrons. The van der Waals surface area contributed by atoms with Gasteiger partial charge in [0.2, 0.25) is 0 Å². The van der Waals surface area contributed by atoms with Crippen LogP contribution < -0.4 is 5.32 Å². The minimum absolute atomic E-state index is 0.0924. The molecule has 1 aromatic rings. The number of amides is 1. The highest BCUT2D eigenvalue weighted by molar-refractivity contribution is 5.94. The highest BCUT2D eigenvalue weighted by Crippen LogP contribution is 2.06. The summed E-state index contributed by atoms with van der Waals surface area (Å²) in [6.07, 6.45) is 1.20. The van der Waals surface area contributed by atoms with Gasteiger partial charge >= 0.3 is 0 Å². The van der Waals surface area contributed by atoms with Gasteiger partial charge in [-0.1, -0.05) is 32.0 Å². The third-order valence-corrected chi connectivity index (χ3v) is 2.51. The average molecular weight is 219 g/mol. The molecule has 1 amide bonds. The molecule has 0 aliphatic rings. The standard InChI is InChI=1S/C13H17NO2/c1-10(2)12(8-9-15)14-13(16)11-6-4-3-5-7-11/h3-7,9-10,12H,8H2,1-2H3,(H,14,16)/t12-/m1/s1. The number of nitrogens with one attached hydrogen (secondary N) is 1. The van der Waals surface area contributed by atoms with Gasteiger partial charge in [0.05, 0.1) is 0 Å². The number of carbonyl (C=O) groups is 2. The summed E-state index contributed by atoms with van der Waals surface area (Å²) in [5, 5.41) is 2.86. The third kappa shape index (κ3) is 3.50. The van der Waals surface area contributed by atoms with Crippen LogP contribution in [0.15, 0.2) is 30.3 Å². The maximum absolute atomic E-state index is 11.8. The zero-order valence-corrected chi connectivity index (χ0v) is 9.64. The van der Waals surface area contributed by atoms with Gasteiger partial charge in [-0.05, 0) is 18.1 Å². The molecule has 3 nitrogen and oxygen atoms in total.